The van der Waals surface area contributed by atoms with E-state index in [1.807, 2.05) is 13.0 Å². The lowest BCUT2D eigenvalue weighted by molar-refractivity contribution is -0.131. The van der Waals surface area contributed by atoms with Crippen LogP contribution in [0, 0.1) is 6.92 Å². The molecule has 1 aliphatic heterocycles. The van der Waals surface area contributed by atoms with Crippen LogP contribution in [0.3, 0.4) is 0 Å². The second-order valence-electron chi connectivity index (χ2n) is 6.38. The van der Waals surface area contributed by atoms with E-state index in [-0.39, 0.29) is 24.1 Å². The molecule has 0 radical (unpaired) electrons. The Bertz CT molecular complexity index is 870. The number of carbonyl (C=O) groups is 3. The van der Waals surface area contributed by atoms with Crippen molar-refractivity contribution in [2.75, 3.05) is 18.4 Å². The molecule has 0 bridgehead atoms. The Hall–Kier alpha value is -2.86. The average Bonchev–Trinajstić information content (AvgIpc) is 2.66. The highest BCUT2D eigenvalue weighted by molar-refractivity contribution is 6.31. The van der Waals surface area contributed by atoms with Gasteiger partial charge in [0.25, 0.3) is 5.91 Å². The van der Waals surface area contributed by atoms with Gasteiger partial charge >= 0.3 is 0 Å². The highest BCUT2D eigenvalue weighted by atomic mass is 35.5. The quantitative estimate of drug-likeness (QED) is 0.849. The number of amides is 3. The monoisotopic (exact) mass is 385 g/mol. The first-order chi connectivity index (χ1) is 13.0. The predicted molar refractivity (Wildman–Crippen MR) is 104 cm³/mol. The Morgan fingerprint density at radius 1 is 1.22 bits per heavy atom. The van der Waals surface area contributed by atoms with Gasteiger partial charge in [0.05, 0.1) is 6.42 Å². The molecule has 7 heteroatoms. The summed E-state index contributed by atoms with van der Waals surface area (Å²) in [5.74, 6) is -0.945. The minimum absolute atomic E-state index is 0.129. The van der Waals surface area contributed by atoms with Gasteiger partial charge in [-0.2, -0.15) is 0 Å². The molecular weight excluding hydrogens is 366 g/mol. The van der Waals surface area contributed by atoms with Gasteiger partial charge in [-0.25, -0.2) is 0 Å². The number of nitrogens with one attached hydrogen (secondary N) is 2. The Kier molecular flexibility index (Phi) is 5.76. The van der Waals surface area contributed by atoms with E-state index < -0.39 is 6.04 Å². The second-order valence-corrected chi connectivity index (χ2v) is 6.82. The summed E-state index contributed by atoms with van der Waals surface area (Å²) in [4.78, 5) is 39.1. The third-order valence-corrected chi connectivity index (χ3v) is 4.70. The Morgan fingerprint density at radius 2 is 1.96 bits per heavy atom. The maximum Gasteiger partial charge on any atom is 0.254 e. The molecule has 3 rings (SSSR count). The van der Waals surface area contributed by atoms with Crippen molar-refractivity contribution in [2.24, 2.45) is 0 Å². The standard InChI is InChI=1S/C20H20ClN3O3/c1-13-7-8-15(21)11-16(13)23-18(25)12-17-19(26)22-9-10-24(17)20(27)14-5-3-2-4-6-14/h2-8,11,17H,9-10,12H2,1H3,(H,22,26)(H,23,25)/t17-/m0/s1. The fourth-order valence-electron chi connectivity index (χ4n) is 3.01. The molecule has 0 unspecified atom stereocenters. The molecule has 1 aliphatic rings. The average molecular weight is 386 g/mol. The molecule has 3 amide bonds. The maximum atomic E-state index is 12.8. The predicted octanol–water partition coefficient (Wildman–Crippen LogP) is 2.62. The van der Waals surface area contributed by atoms with Crippen LogP contribution in [-0.4, -0.2) is 41.8 Å². The van der Waals surface area contributed by atoms with Crippen molar-refractivity contribution in [3.05, 3.63) is 64.7 Å². The number of hydrogen-bond donors (Lipinski definition) is 2. The van der Waals surface area contributed by atoms with Crippen LogP contribution in [-0.2, 0) is 9.59 Å². The molecule has 2 aromatic carbocycles. The minimum Gasteiger partial charge on any atom is -0.353 e. The van der Waals surface area contributed by atoms with Crippen molar-refractivity contribution in [3.8, 4) is 0 Å². The van der Waals surface area contributed by atoms with E-state index in [9.17, 15) is 14.4 Å². The summed E-state index contributed by atoms with van der Waals surface area (Å²) in [6.07, 6.45) is -0.129. The molecule has 1 atom stereocenters. The number of nitrogens with zero attached hydrogens (tertiary/aromatic N) is 1. The molecule has 0 spiro atoms. The number of anilines is 1. The number of hydrogen-bond acceptors (Lipinski definition) is 3. The van der Waals surface area contributed by atoms with Crippen molar-refractivity contribution < 1.29 is 14.4 Å². The lowest BCUT2D eigenvalue weighted by Crippen LogP contribution is -2.58. The van der Waals surface area contributed by atoms with Gasteiger partial charge in [0.1, 0.15) is 6.04 Å². The zero-order chi connectivity index (χ0) is 19.4. The van der Waals surface area contributed by atoms with Crippen molar-refractivity contribution >= 4 is 35.0 Å². The van der Waals surface area contributed by atoms with Crippen LogP contribution >= 0.6 is 11.6 Å². The summed E-state index contributed by atoms with van der Waals surface area (Å²) in [7, 11) is 0. The molecule has 27 heavy (non-hydrogen) atoms. The van der Waals surface area contributed by atoms with Gasteiger partial charge in [0, 0.05) is 29.4 Å². The van der Waals surface area contributed by atoms with Crippen LogP contribution < -0.4 is 10.6 Å². The van der Waals surface area contributed by atoms with Crippen LogP contribution in [0.2, 0.25) is 5.02 Å². The van der Waals surface area contributed by atoms with Gasteiger partial charge in [-0.3, -0.25) is 14.4 Å². The van der Waals surface area contributed by atoms with Crippen molar-refractivity contribution in [1.29, 1.82) is 0 Å². The molecule has 1 heterocycles. The SMILES string of the molecule is Cc1ccc(Cl)cc1NC(=O)C[C@H]1C(=O)NCCN1C(=O)c1ccccc1. The van der Waals surface area contributed by atoms with E-state index in [1.165, 1.54) is 4.90 Å². The van der Waals surface area contributed by atoms with Gasteiger partial charge in [-0.05, 0) is 36.8 Å². The molecule has 0 aliphatic carbocycles. The van der Waals surface area contributed by atoms with Crippen LogP contribution in [0.1, 0.15) is 22.3 Å². The smallest absolute Gasteiger partial charge is 0.254 e. The van der Waals surface area contributed by atoms with E-state index in [4.69, 9.17) is 11.6 Å². The molecule has 6 nitrogen and oxygen atoms in total. The Labute approximate surface area is 162 Å². The highest BCUT2D eigenvalue weighted by Gasteiger charge is 2.35. The van der Waals surface area contributed by atoms with Crippen molar-refractivity contribution in [2.45, 2.75) is 19.4 Å². The Balaban J connectivity index is 1.75. The molecule has 2 N–H and O–H groups in total. The molecule has 1 saturated heterocycles. The van der Waals surface area contributed by atoms with E-state index in [0.717, 1.165) is 5.56 Å². The lowest BCUT2D eigenvalue weighted by Gasteiger charge is -2.34. The van der Waals surface area contributed by atoms with Gasteiger partial charge in [0.15, 0.2) is 0 Å². The molecule has 2 aromatic rings. The van der Waals surface area contributed by atoms with Gasteiger partial charge in [-0.15, -0.1) is 0 Å². The third kappa shape index (κ3) is 4.46. The lowest BCUT2D eigenvalue weighted by atomic mass is 10.1. The third-order valence-electron chi connectivity index (χ3n) is 4.46. The first kappa shape index (κ1) is 18.9. The van der Waals surface area contributed by atoms with Crippen LogP contribution in [0.25, 0.3) is 0 Å². The van der Waals surface area contributed by atoms with Crippen LogP contribution in [0.5, 0.6) is 0 Å². The van der Waals surface area contributed by atoms with Gasteiger partial charge in [0.2, 0.25) is 11.8 Å². The Morgan fingerprint density at radius 3 is 2.70 bits per heavy atom. The number of rotatable bonds is 4. The summed E-state index contributed by atoms with van der Waals surface area (Å²) >= 11 is 5.98. The summed E-state index contributed by atoms with van der Waals surface area (Å²) in [6.45, 7) is 2.57. The normalized spacial score (nSPS) is 16.6. The second kappa shape index (κ2) is 8.22. The largest absolute Gasteiger partial charge is 0.353 e. The summed E-state index contributed by atoms with van der Waals surface area (Å²) < 4.78 is 0. The number of benzene rings is 2. The maximum absolute atomic E-state index is 12.8. The number of halogens is 1. The van der Waals surface area contributed by atoms with Crippen LogP contribution in [0.4, 0.5) is 5.69 Å². The van der Waals surface area contributed by atoms with E-state index in [1.54, 1.807) is 42.5 Å². The van der Waals surface area contributed by atoms with E-state index >= 15 is 0 Å². The first-order valence-corrected chi connectivity index (χ1v) is 9.03. The highest BCUT2D eigenvalue weighted by Crippen LogP contribution is 2.21. The van der Waals surface area contributed by atoms with Crippen LogP contribution in [0.15, 0.2) is 48.5 Å². The summed E-state index contributed by atoms with van der Waals surface area (Å²) in [5.41, 5.74) is 1.94. The van der Waals surface area contributed by atoms with E-state index in [0.29, 0.717) is 29.4 Å². The molecule has 0 saturated carbocycles. The summed E-state index contributed by atoms with van der Waals surface area (Å²) in [5, 5.41) is 6.01. The van der Waals surface area contributed by atoms with Gasteiger partial charge < -0.3 is 15.5 Å². The molecule has 140 valence electrons. The number of aryl methyl sites for hydroxylation is 1. The minimum atomic E-state index is -0.856. The first-order valence-electron chi connectivity index (χ1n) is 8.65. The van der Waals surface area contributed by atoms with Gasteiger partial charge in [-0.1, -0.05) is 35.9 Å². The fourth-order valence-corrected chi connectivity index (χ4v) is 3.19. The molecule has 0 aromatic heterocycles. The number of carbonyl (C=O) groups excluding carboxylic acids is 3. The topological polar surface area (TPSA) is 78.5 Å². The van der Waals surface area contributed by atoms with Crippen molar-refractivity contribution in [1.82, 2.24) is 10.2 Å². The number of piperazine rings is 1. The fraction of sp³-hybridized carbons (Fsp3) is 0.250. The van der Waals surface area contributed by atoms with Crippen molar-refractivity contribution in [3.63, 3.8) is 0 Å². The zero-order valence-corrected chi connectivity index (χ0v) is 15.6. The summed E-state index contributed by atoms with van der Waals surface area (Å²) in [6, 6.07) is 13.1. The molecular formula is C20H20ClN3O3. The van der Waals surface area contributed by atoms with E-state index in [2.05, 4.69) is 10.6 Å². The molecule has 1 fully saturated rings. The zero-order valence-electron chi connectivity index (χ0n) is 14.9.